The second-order valence-corrected chi connectivity index (χ2v) is 8.36. The van der Waals surface area contributed by atoms with E-state index in [1.165, 1.54) is 17.1 Å². The summed E-state index contributed by atoms with van der Waals surface area (Å²) < 4.78 is 29.8. The molecule has 1 aromatic carbocycles. The monoisotopic (exact) mass is 398 g/mol. The summed E-state index contributed by atoms with van der Waals surface area (Å²) >= 11 is 4.51. The van der Waals surface area contributed by atoms with Crippen molar-refractivity contribution < 1.29 is 8.42 Å². The molecule has 0 saturated heterocycles. The first-order valence-corrected chi connectivity index (χ1v) is 9.26. The van der Waals surface area contributed by atoms with E-state index in [4.69, 9.17) is 0 Å². The lowest BCUT2D eigenvalue weighted by Crippen LogP contribution is -2.10. The first kappa shape index (κ1) is 15.2. The number of anilines is 1. The van der Waals surface area contributed by atoms with Crippen molar-refractivity contribution in [2.75, 3.05) is 4.72 Å². The minimum Gasteiger partial charge on any atom is -0.276 e. The molecule has 0 spiro atoms. The summed E-state index contributed by atoms with van der Waals surface area (Å²) in [4.78, 5) is 4.20. The number of sulfonamides is 1. The number of rotatable bonds is 4. The molecule has 114 valence electrons. The van der Waals surface area contributed by atoms with Crippen LogP contribution >= 0.6 is 27.3 Å². The third-order valence-electron chi connectivity index (χ3n) is 2.78. The van der Waals surface area contributed by atoms with E-state index in [2.05, 4.69) is 30.7 Å². The van der Waals surface area contributed by atoms with Crippen LogP contribution in [0.1, 0.15) is 0 Å². The molecule has 0 fully saturated rings. The number of aryl methyl sites for hydroxylation is 1. The zero-order valence-corrected chi connectivity index (χ0v) is 14.6. The minimum absolute atomic E-state index is 0.159. The van der Waals surface area contributed by atoms with Gasteiger partial charge in [-0.3, -0.25) is 9.40 Å². The van der Waals surface area contributed by atoms with E-state index >= 15 is 0 Å². The van der Waals surface area contributed by atoms with E-state index in [9.17, 15) is 8.42 Å². The van der Waals surface area contributed by atoms with Gasteiger partial charge in [0.1, 0.15) is 5.01 Å². The molecule has 0 amide bonds. The highest BCUT2D eigenvalue weighted by molar-refractivity contribution is 9.10. The number of nitrogens with zero attached hydrogens (tertiary/aromatic N) is 3. The van der Waals surface area contributed by atoms with Gasteiger partial charge in [0, 0.05) is 23.3 Å². The van der Waals surface area contributed by atoms with Crippen molar-refractivity contribution in [3.63, 3.8) is 0 Å². The van der Waals surface area contributed by atoms with Crippen LogP contribution in [-0.4, -0.2) is 23.2 Å². The fourth-order valence-electron chi connectivity index (χ4n) is 1.82. The Morgan fingerprint density at radius 3 is 2.82 bits per heavy atom. The van der Waals surface area contributed by atoms with Gasteiger partial charge in [0.25, 0.3) is 10.0 Å². The lowest BCUT2D eigenvalue weighted by Gasteiger charge is -2.01. The SMILES string of the molecule is Cn1cc(NS(=O)(=O)c2cnc(-c3cccc(Br)c3)s2)cn1. The van der Waals surface area contributed by atoms with Crippen LogP contribution in [0.5, 0.6) is 0 Å². The molecule has 0 unspecified atom stereocenters. The van der Waals surface area contributed by atoms with Gasteiger partial charge in [0.15, 0.2) is 4.21 Å². The molecule has 3 rings (SSSR count). The Kier molecular flexibility index (Phi) is 4.02. The van der Waals surface area contributed by atoms with Gasteiger partial charge >= 0.3 is 0 Å². The van der Waals surface area contributed by atoms with Crippen LogP contribution in [0.25, 0.3) is 10.6 Å². The van der Waals surface area contributed by atoms with E-state index in [0.29, 0.717) is 10.7 Å². The van der Waals surface area contributed by atoms with Gasteiger partial charge in [-0.05, 0) is 12.1 Å². The summed E-state index contributed by atoms with van der Waals surface area (Å²) in [6.45, 7) is 0. The van der Waals surface area contributed by atoms with Crippen LogP contribution in [0.4, 0.5) is 5.69 Å². The maximum absolute atomic E-state index is 12.3. The molecule has 0 aliphatic carbocycles. The largest absolute Gasteiger partial charge is 0.276 e. The topological polar surface area (TPSA) is 76.9 Å². The second-order valence-electron chi connectivity index (χ2n) is 4.50. The predicted molar refractivity (Wildman–Crippen MR) is 89.3 cm³/mol. The average molecular weight is 399 g/mol. The molecule has 0 bridgehead atoms. The third-order valence-corrected chi connectivity index (χ3v) is 6.16. The summed E-state index contributed by atoms with van der Waals surface area (Å²) in [5, 5.41) is 4.58. The van der Waals surface area contributed by atoms with E-state index < -0.39 is 10.0 Å². The molecule has 9 heteroatoms. The normalized spacial score (nSPS) is 11.5. The summed E-state index contributed by atoms with van der Waals surface area (Å²) in [6.07, 6.45) is 4.40. The van der Waals surface area contributed by atoms with Crippen molar-refractivity contribution >= 4 is 43.0 Å². The first-order valence-electron chi connectivity index (χ1n) is 6.17. The van der Waals surface area contributed by atoms with Crippen molar-refractivity contribution in [3.8, 4) is 10.6 Å². The van der Waals surface area contributed by atoms with Crippen LogP contribution < -0.4 is 4.72 Å². The fourth-order valence-corrected chi connectivity index (χ4v) is 4.37. The zero-order chi connectivity index (χ0) is 15.7. The Hall–Kier alpha value is -1.71. The Morgan fingerprint density at radius 1 is 1.32 bits per heavy atom. The lowest BCUT2D eigenvalue weighted by molar-refractivity contribution is 0.603. The predicted octanol–water partition coefficient (Wildman–Crippen LogP) is 3.11. The van der Waals surface area contributed by atoms with Gasteiger partial charge in [0.2, 0.25) is 0 Å². The minimum atomic E-state index is -3.66. The number of hydrogen-bond donors (Lipinski definition) is 1. The molecule has 0 aliphatic rings. The van der Waals surface area contributed by atoms with E-state index in [1.54, 1.807) is 13.2 Å². The lowest BCUT2D eigenvalue weighted by atomic mass is 10.2. The maximum atomic E-state index is 12.3. The van der Waals surface area contributed by atoms with Crippen LogP contribution in [0.15, 0.2) is 51.5 Å². The fraction of sp³-hybridized carbons (Fsp3) is 0.0769. The third kappa shape index (κ3) is 3.21. The second kappa shape index (κ2) is 5.82. The molecule has 0 atom stereocenters. The number of nitrogens with one attached hydrogen (secondary N) is 1. The van der Waals surface area contributed by atoms with Crippen LogP contribution in [-0.2, 0) is 17.1 Å². The van der Waals surface area contributed by atoms with Crippen LogP contribution in [0.3, 0.4) is 0 Å². The number of halogens is 1. The van der Waals surface area contributed by atoms with Crippen LogP contribution in [0.2, 0.25) is 0 Å². The van der Waals surface area contributed by atoms with Gasteiger partial charge in [-0.1, -0.05) is 28.1 Å². The van der Waals surface area contributed by atoms with Crippen LogP contribution in [0, 0.1) is 0 Å². The number of hydrogen-bond acceptors (Lipinski definition) is 5. The molecular formula is C13H11BrN4O2S2. The molecule has 22 heavy (non-hydrogen) atoms. The highest BCUT2D eigenvalue weighted by Crippen LogP contribution is 2.30. The smallest absolute Gasteiger partial charge is 0.273 e. The summed E-state index contributed by atoms with van der Waals surface area (Å²) in [6, 6.07) is 7.56. The average Bonchev–Trinajstić information content (AvgIpc) is 3.08. The summed E-state index contributed by atoms with van der Waals surface area (Å²) in [5.41, 5.74) is 1.28. The quantitative estimate of drug-likeness (QED) is 0.732. The molecule has 1 N–H and O–H groups in total. The van der Waals surface area contributed by atoms with Gasteiger partial charge in [-0.15, -0.1) is 11.3 Å². The van der Waals surface area contributed by atoms with Crippen molar-refractivity contribution in [1.29, 1.82) is 0 Å². The van der Waals surface area contributed by atoms with E-state index in [-0.39, 0.29) is 4.21 Å². The number of aromatic nitrogens is 3. The van der Waals surface area contributed by atoms with Crippen molar-refractivity contribution in [1.82, 2.24) is 14.8 Å². The molecule has 6 nitrogen and oxygen atoms in total. The van der Waals surface area contributed by atoms with Crippen molar-refractivity contribution in [3.05, 3.63) is 47.3 Å². The van der Waals surface area contributed by atoms with E-state index in [1.807, 2.05) is 24.3 Å². The number of benzene rings is 1. The van der Waals surface area contributed by atoms with Crippen molar-refractivity contribution in [2.45, 2.75) is 4.21 Å². The standard InChI is InChI=1S/C13H11BrN4O2S2/c1-18-8-11(6-16-18)17-22(19,20)12-7-15-13(21-12)9-3-2-4-10(14)5-9/h2-8,17H,1H3. The molecule has 2 aromatic heterocycles. The highest BCUT2D eigenvalue weighted by atomic mass is 79.9. The zero-order valence-electron chi connectivity index (χ0n) is 11.4. The Bertz CT molecular complexity index is 918. The molecule has 2 heterocycles. The molecule has 0 saturated carbocycles. The summed E-state index contributed by atoms with van der Waals surface area (Å²) in [5.74, 6) is 0. The van der Waals surface area contributed by atoms with Gasteiger partial charge < -0.3 is 0 Å². The molecule has 3 aromatic rings. The van der Waals surface area contributed by atoms with E-state index in [0.717, 1.165) is 21.4 Å². The molecule has 0 radical (unpaired) electrons. The molecule has 0 aliphatic heterocycles. The van der Waals surface area contributed by atoms with Crippen molar-refractivity contribution in [2.24, 2.45) is 7.05 Å². The Morgan fingerprint density at radius 2 is 2.14 bits per heavy atom. The highest BCUT2D eigenvalue weighted by Gasteiger charge is 2.19. The maximum Gasteiger partial charge on any atom is 0.273 e. The Balaban J connectivity index is 1.89. The number of thiazole rings is 1. The van der Waals surface area contributed by atoms with Gasteiger partial charge in [-0.2, -0.15) is 5.10 Å². The van der Waals surface area contributed by atoms with Gasteiger partial charge in [0.05, 0.1) is 18.1 Å². The summed E-state index contributed by atoms with van der Waals surface area (Å²) in [7, 11) is -1.94. The van der Waals surface area contributed by atoms with Gasteiger partial charge in [-0.25, -0.2) is 13.4 Å². The molecular weight excluding hydrogens is 388 g/mol. The first-order chi connectivity index (χ1) is 10.4. The Labute approximate surface area is 140 Å².